The molecule has 0 spiro atoms. The van der Waals surface area contributed by atoms with Crippen LogP contribution in [0.3, 0.4) is 0 Å². The number of guanidine groups is 1. The number of unbranched alkanes of at least 4 members (excludes halogenated alkanes) is 1. The largest absolute Gasteiger partial charge is 0.394 e. The number of nitrogens with two attached hydrogens (primary N) is 3. The van der Waals surface area contributed by atoms with Crippen LogP contribution in [0.1, 0.15) is 40.9 Å². The molecule has 0 fully saturated rings. The number of carbonyl (C=O) groups is 2. The van der Waals surface area contributed by atoms with Gasteiger partial charge in [0.25, 0.3) is 5.91 Å². The average molecular weight is 716 g/mol. The molecule has 16 nitrogen and oxygen atoms in total. The third kappa shape index (κ3) is 12.8. The Bertz CT molecular complexity index is 1560. The molecule has 2 amide bonds. The van der Waals surface area contributed by atoms with E-state index in [1.807, 2.05) is 24.3 Å². The van der Waals surface area contributed by atoms with Gasteiger partial charge in [-0.3, -0.25) is 19.9 Å². The number of aliphatic hydroxyl groups is 5. The van der Waals surface area contributed by atoms with Gasteiger partial charge in [0, 0.05) is 32.6 Å². The Morgan fingerprint density at radius 2 is 1.42 bits per heavy atom. The Labute approximate surface area is 294 Å². The average Bonchev–Trinajstić information content (AvgIpc) is 3.11. The molecule has 1 heterocycles. The molecule has 0 unspecified atom stereocenters. The maximum Gasteiger partial charge on any atom is 0.280 e. The van der Waals surface area contributed by atoms with E-state index in [1.54, 1.807) is 0 Å². The summed E-state index contributed by atoms with van der Waals surface area (Å²) in [7, 11) is 0. The number of nitrogens with zero attached hydrogens (tertiary/aromatic N) is 3. The zero-order chi connectivity index (χ0) is 36.6. The number of benzene rings is 2. The van der Waals surface area contributed by atoms with Crippen molar-refractivity contribution < 1.29 is 35.1 Å². The van der Waals surface area contributed by atoms with Crippen molar-refractivity contribution in [3.05, 3.63) is 70.5 Å². The SMILES string of the molecule is NC(=NCCCCc1ccc(-c2ccc(CCC(=O)NCCNC[C@H](O)[C@@H](O)[C@H](O)[C@H](O)CO)cc2)cc1)NC(=O)c1nc(Cl)c(N)nc1N. The first-order valence-corrected chi connectivity index (χ1v) is 16.5. The Balaban J connectivity index is 1.31. The zero-order valence-corrected chi connectivity index (χ0v) is 28.3. The fourth-order valence-corrected chi connectivity index (χ4v) is 4.89. The smallest absolute Gasteiger partial charge is 0.280 e. The van der Waals surface area contributed by atoms with E-state index in [9.17, 15) is 30.0 Å². The molecule has 0 bridgehead atoms. The second kappa shape index (κ2) is 20.3. The summed E-state index contributed by atoms with van der Waals surface area (Å²) in [4.78, 5) is 36.3. The number of aromatic nitrogens is 2. The van der Waals surface area contributed by atoms with Gasteiger partial charge >= 0.3 is 0 Å². The summed E-state index contributed by atoms with van der Waals surface area (Å²) in [6, 6.07) is 16.3. The molecule has 0 saturated carbocycles. The van der Waals surface area contributed by atoms with Crippen molar-refractivity contribution >= 4 is 41.0 Å². The third-order valence-corrected chi connectivity index (χ3v) is 7.98. The fourth-order valence-electron chi connectivity index (χ4n) is 4.76. The standard InChI is InChI=1S/C33H46ClN9O7/c34-29-31(36)42-30(35)26(41-29)32(50)43-33(37)40-14-2-1-3-19-4-9-21(10-5-19)22-11-6-20(7-12-22)8-13-25(47)39-16-15-38-17-23(45)27(48)28(49)24(46)18-44/h4-7,9-12,23-24,27-28,38,44-46,48-49H,1-3,8,13-18H2,(H,39,47)(H4,35,36,42)(H3,37,40,43,50)/t23-,24+,27+,28+/m0/s1. The lowest BCUT2D eigenvalue weighted by Crippen LogP contribution is -2.49. The van der Waals surface area contributed by atoms with Crippen LogP contribution in [0.4, 0.5) is 11.6 Å². The van der Waals surface area contributed by atoms with Gasteiger partial charge in [-0.1, -0.05) is 60.1 Å². The molecule has 272 valence electrons. The van der Waals surface area contributed by atoms with Crippen LogP contribution in [0.25, 0.3) is 11.1 Å². The van der Waals surface area contributed by atoms with E-state index in [0.29, 0.717) is 32.5 Å². The molecule has 1 aromatic heterocycles. The van der Waals surface area contributed by atoms with Gasteiger partial charge in [0.15, 0.2) is 28.4 Å². The molecule has 2 aromatic carbocycles. The summed E-state index contributed by atoms with van der Waals surface area (Å²) >= 11 is 5.81. The number of aryl methyl sites for hydroxylation is 2. The highest BCUT2D eigenvalue weighted by Crippen LogP contribution is 2.22. The molecule has 0 aliphatic rings. The van der Waals surface area contributed by atoms with Gasteiger partial charge in [-0.15, -0.1) is 0 Å². The second-order valence-corrected chi connectivity index (χ2v) is 11.9. The van der Waals surface area contributed by atoms with Gasteiger partial charge in [0.2, 0.25) is 5.91 Å². The molecule has 0 aliphatic carbocycles. The van der Waals surface area contributed by atoms with Gasteiger partial charge in [-0.05, 0) is 47.9 Å². The molecule has 0 radical (unpaired) electrons. The first-order chi connectivity index (χ1) is 23.9. The van der Waals surface area contributed by atoms with Crippen LogP contribution < -0.4 is 33.2 Å². The zero-order valence-electron chi connectivity index (χ0n) is 27.5. The van der Waals surface area contributed by atoms with Crippen molar-refractivity contribution in [2.24, 2.45) is 10.7 Å². The van der Waals surface area contributed by atoms with Crippen LogP contribution in [0.2, 0.25) is 5.15 Å². The number of hydrogen-bond donors (Lipinski definition) is 11. The number of hydrogen-bond acceptors (Lipinski definition) is 13. The van der Waals surface area contributed by atoms with Gasteiger partial charge in [-0.25, -0.2) is 9.97 Å². The number of nitrogen functional groups attached to an aromatic ring is 2. The predicted octanol–water partition coefficient (Wildman–Crippen LogP) is -0.897. The second-order valence-electron chi connectivity index (χ2n) is 11.6. The molecule has 4 atom stereocenters. The Hall–Kier alpha value is -4.42. The highest BCUT2D eigenvalue weighted by atomic mass is 35.5. The van der Waals surface area contributed by atoms with Gasteiger partial charge < -0.3 is 53.4 Å². The lowest BCUT2D eigenvalue weighted by atomic mass is 9.99. The van der Waals surface area contributed by atoms with Crippen molar-refractivity contribution in [3.63, 3.8) is 0 Å². The van der Waals surface area contributed by atoms with Gasteiger partial charge in [0.05, 0.1) is 12.7 Å². The minimum Gasteiger partial charge on any atom is -0.394 e. The number of amides is 2. The topological polar surface area (TPSA) is 288 Å². The number of aliphatic hydroxyl groups excluding tert-OH is 5. The summed E-state index contributed by atoms with van der Waals surface area (Å²) in [5.74, 6) is -1.13. The number of carbonyl (C=O) groups excluding carboxylic acids is 2. The molecule has 3 rings (SSSR count). The van der Waals surface area contributed by atoms with Crippen LogP contribution in [-0.4, -0.2) is 110 Å². The van der Waals surface area contributed by atoms with Crippen LogP contribution in [-0.2, 0) is 17.6 Å². The maximum atomic E-state index is 12.3. The van der Waals surface area contributed by atoms with E-state index in [4.69, 9.17) is 33.9 Å². The first-order valence-electron chi connectivity index (χ1n) is 16.1. The van der Waals surface area contributed by atoms with E-state index >= 15 is 0 Å². The summed E-state index contributed by atoms with van der Waals surface area (Å²) in [5.41, 5.74) is 21.2. The van der Waals surface area contributed by atoms with E-state index < -0.39 is 36.9 Å². The van der Waals surface area contributed by atoms with Crippen LogP contribution in [0.5, 0.6) is 0 Å². The van der Waals surface area contributed by atoms with E-state index in [1.165, 1.54) is 5.56 Å². The van der Waals surface area contributed by atoms with Crippen LogP contribution in [0, 0.1) is 0 Å². The number of aliphatic imine (C=N–C) groups is 1. The number of anilines is 2. The van der Waals surface area contributed by atoms with Crippen molar-refractivity contribution in [2.75, 3.05) is 44.3 Å². The number of halogens is 1. The molecule has 17 heteroatoms. The molecule has 0 saturated heterocycles. The highest BCUT2D eigenvalue weighted by molar-refractivity contribution is 6.31. The van der Waals surface area contributed by atoms with Gasteiger partial charge in [0.1, 0.15) is 18.3 Å². The lowest BCUT2D eigenvalue weighted by Gasteiger charge is -2.25. The summed E-state index contributed by atoms with van der Waals surface area (Å²) in [5, 5.41) is 55.4. The van der Waals surface area contributed by atoms with Crippen molar-refractivity contribution in [3.8, 4) is 11.1 Å². The third-order valence-electron chi connectivity index (χ3n) is 7.70. The van der Waals surface area contributed by atoms with Gasteiger partial charge in [-0.2, -0.15) is 0 Å². The van der Waals surface area contributed by atoms with E-state index in [2.05, 4.69) is 55.2 Å². The number of rotatable bonds is 19. The summed E-state index contributed by atoms with van der Waals surface area (Å²) < 4.78 is 0. The highest BCUT2D eigenvalue weighted by Gasteiger charge is 2.29. The molecule has 3 aromatic rings. The summed E-state index contributed by atoms with van der Waals surface area (Å²) in [6.45, 7) is 0.224. The fraction of sp³-hybridized carbons (Fsp3) is 0.424. The number of nitrogens with one attached hydrogen (secondary N) is 3. The molecular weight excluding hydrogens is 670 g/mol. The minimum atomic E-state index is -1.68. The normalized spacial score (nSPS) is 14.1. The van der Waals surface area contributed by atoms with E-state index in [-0.39, 0.29) is 40.9 Å². The van der Waals surface area contributed by atoms with Crippen LogP contribution >= 0.6 is 11.6 Å². The quantitative estimate of drug-likeness (QED) is 0.0408. The lowest BCUT2D eigenvalue weighted by molar-refractivity contribution is -0.121. The van der Waals surface area contributed by atoms with E-state index in [0.717, 1.165) is 36.0 Å². The first kappa shape index (κ1) is 40.0. The maximum absolute atomic E-state index is 12.3. The monoisotopic (exact) mass is 715 g/mol. The Morgan fingerprint density at radius 3 is 2.04 bits per heavy atom. The van der Waals surface area contributed by atoms with Crippen molar-refractivity contribution in [1.29, 1.82) is 0 Å². The summed E-state index contributed by atoms with van der Waals surface area (Å²) in [6.07, 6.45) is -2.90. The Morgan fingerprint density at radius 1 is 0.820 bits per heavy atom. The molecule has 14 N–H and O–H groups in total. The Kier molecular flexibility index (Phi) is 16.2. The van der Waals surface area contributed by atoms with Crippen LogP contribution in [0.15, 0.2) is 53.5 Å². The van der Waals surface area contributed by atoms with Crippen molar-refractivity contribution in [1.82, 2.24) is 25.9 Å². The molecule has 0 aliphatic heterocycles. The minimum absolute atomic E-state index is 0.0684. The van der Waals surface area contributed by atoms with Crippen molar-refractivity contribution in [2.45, 2.75) is 56.5 Å². The molecule has 50 heavy (non-hydrogen) atoms. The molecular formula is C33H46ClN9O7. The predicted molar refractivity (Wildman–Crippen MR) is 190 cm³/mol.